The number of piperidine rings is 1. The zero-order chi connectivity index (χ0) is 11.9. The Morgan fingerprint density at radius 3 is 2.94 bits per heavy atom. The van der Waals surface area contributed by atoms with E-state index in [1.54, 1.807) is 0 Å². The Hall–Kier alpha value is -1.02. The molecule has 0 aliphatic carbocycles. The molecule has 2 heteroatoms. The van der Waals surface area contributed by atoms with Gasteiger partial charge in [-0.25, -0.2) is 0 Å². The highest BCUT2D eigenvalue weighted by Gasteiger charge is 2.12. The molecule has 1 N–H and O–H groups in total. The molecular formula is C15H23NO. The molecule has 0 spiro atoms. The first kappa shape index (κ1) is 12.4. The summed E-state index contributed by atoms with van der Waals surface area (Å²) in [5, 5.41) is 3.55. The number of benzene rings is 1. The molecule has 0 saturated carbocycles. The fraction of sp³-hybridized carbons (Fsp3) is 0.600. The fourth-order valence-corrected chi connectivity index (χ4v) is 2.42. The van der Waals surface area contributed by atoms with Gasteiger partial charge in [0.1, 0.15) is 5.75 Å². The minimum absolute atomic E-state index is 0.664. The maximum Gasteiger partial charge on any atom is 0.122 e. The van der Waals surface area contributed by atoms with Crippen LogP contribution >= 0.6 is 0 Å². The van der Waals surface area contributed by atoms with E-state index in [9.17, 15) is 0 Å². The molecular weight excluding hydrogens is 210 g/mol. The Bertz CT molecular complexity index is 331. The highest BCUT2D eigenvalue weighted by molar-refractivity contribution is 5.33. The molecule has 1 fully saturated rings. The number of rotatable bonds is 5. The molecule has 1 aromatic rings. The van der Waals surface area contributed by atoms with E-state index in [-0.39, 0.29) is 0 Å². The summed E-state index contributed by atoms with van der Waals surface area (Å²) in [6, 6.07) is 9.01. The Morgan fingerprint density at radius 1 is 1.29 bits per heavy atom. The van der Waals surface area contributed by atoms with E-state index in [2.05, 4.69) is 30.4 Å². The number of ether oxygens (including phenoxy) is 1. The van der Waals surface area contributed by atoms with Crippen LogP contribution in [0.2, 0.25) is 0 Å². The number of para-hydroxylation sites is 1. The van der Waals surface area contributed by atoms with Crippen molar-refractivity contribution in [2.24, 2.45) is 0 Å². The van der Waals surface area contributed by atoms with Crippen LogP contribution in [0, 0.1) is 0 Å². The SMILES string of the molecule is CCc1ccccc1OCC[C@H]1CCCCN1. The van der Waals surface area contributed by atoms with E-state index in [0.717, 1.165) is 25.2 Å². The summed E-state index contributed by atoms with van der Waals surface area (Å²) in [5.41, 5.74) is 1.31. The summed E-state index contributed by atoms with van der Waals surface area (Å²) in [4.78, 5) is 0. The van der Waals surface area contributed by atoms with Crippen molar-refractivity contribution in [3.63, 3.8) is 0 Å². The second kappa shape index (κ2) is 6.65. The molecule has 2 nitrogen and oxygen atoms in total. The van der Waals surface area contributed by atoms with Crippen LogP contribution in [0.1, 0.15) is 38.2 Å². The molecule has 0 bridgehead atoms. The van der Waals surface area contributed by atoms with Crippen molar-refractivity contribution in [3.05, 3.63) is 29.8 Å². The Balaban J connectivity index is 1.77. The lowest BCUT2D eigenvalue weighted by Gasteiger charge is -2.23. The topological polar surface area (TPSA) is 21.3 Å². The van der Waals surface area contributed by atoms with E-state index in [1.165, 1.54) is 31.4 Å². The predicted molar refractivity (Wildman–Crippen MR) is 71.6 cm³/mol. The average Bonchev–Trinajstić information content (AvgIpc) is 2.40. The number of nitrogens with one attached hydrogen (secondary N) is 1. The van der Waals surface area contributed by atoms with E-state index in [1.807, 2.05) is 6.07 Å². The quantitative estimate of drug-likeness (QED) is 0.843. The van der Waals surface area contributed by atoms with E-state index < -0.39 is 0 Å². The normalized spacial score (nSPS) is 20.2. The van der Waals surface area contributed by atoms with Gasteiger partial charge in [-0.3, -0.25) is 0 Å². The lowest BCUT2D eigenvalue weighted by atomic mass is 10.0. The van der Waals surface area contributed by atoms with Crippen LogP contribution in [-0.4, -0.2) is 19.2 Å². The van der Waals surface area contributed by atoms with Gasteiger partial charge in [-0.2, -0.15) is 0 Å². The lowest BCUT2D eigenvalue weighted by molar-refractivity contribution is 0.266. The van der Waals surface area contributed by atoms with Crippen molar-refractivity contribution in [3.8, 4) is 5.75 Å². The average molecular weight is 233 g/mol. The molecule has 2 rings (SSSR count). The smallest absolute Gasteiger partial charge is 0.122 e. The monoisotopic (exact) mass is 233 g/mol. The van der Waals surface area contributed by atoms with Crippen LogP contribution in [0.25, 0.3) is 0 Å². The van der Waals surface area contributed by atoms with Crippen LogP contribution in [0.15, 0.2) is 24.3 Å². The number of aryl methyl sites for hydroxylation is 1. The molecule has 1 atom stereocenters. The van der Waals surface area contributed by atoms with E-state index in [0.29, 0.717) is 6.04 Å². The van der Waals surface area contributed by atoms with Crippen LogP contribution in [0.5, 0.6) is 5.75 Å². The van der Waals surface area contributed by atoms with Crippen molar-refractivity contribution in [2.45, 2.75) is 45.1 Å². The summed E-state index contributed by atoms with van der Waals surface area (Å²) in [7, 11) is 0. The third kappa shape index (κ3) is 3.74. The summed E-state index contributed by atoms with van der Waals surface area (Å²) >= 11 is 0. The molecule has 1 aliphatic rings. The highest BCUT2D eigenvalue weighted by atomic mass is 16.5. The van der Waals surface area contributed by atoms with Crippen LogP contribution in [-0.2, 0) is 6.42 Å². The van der Waals surface area contributed by atoms with Crippen LogP contribution in [0.3, 0.4) is 0 Å². The van der Waals surface area contributed by atoms with Gasteiger partial charge < -0.3 is 10.1 Å². The van der Waals surface area contributed by atoms with E-state index >= 15 is 0 Å². The predicted octanol–water partition coefficient (Wildman–Crippen LogP) is 3.16. The van der Waals surface area contributed by atoms with Gasteiger partial charge in [0.15, 0.2) is 0 Å². The standard InChI is InChI=1S/C15H23NO/c1-2-13-7-3-4-9-15(13)17-12-10-14-8-5-6-11-16-14/h3-4,7,9,14,16H,2,5-6,8,10-12H2,1H3/t14-/m1/s1. The molecule has 0 radical (unpaired) electrons. The van der Waals surface area contributed by atoms with E-state index in [4.69, 9.17) is 4.74 Å². The molecule has 17 heavy (non-hydrogen) atoms. The van der Waals surface area contributed by atoms with Gasteiger partial charge in [0.2, 0.25) is 0 Å². The first-order chi connectivity index (χ1) is 8.40. The van der Waals surface area contributed by atoms with Crippen LogP contribution in [0.4, 0.5) is 0 Å². The third-order valence-electron chi connectivity index (χ3n) is 3.49. The van der Waals surface area contributed by atoms with Gasteiger partial charge in [-0.05, 0) is 43.9 Å². The summed E-state index contributed by atoms with van der Waals surface area (Å²) in [6.45, 7) is 4.18. The van der Waals surface area contributed by atoms with Gasteiger partial charge in [-0.15, -0.1) is 0 Å². The van der Waals surface area contributed by atoms with Gasteiger partial charge in [0.25, 0.3) is 0 Å². The summed E-state index contributed by atoms with van der Waals surface area (Å²) < 4.78 is 5.89. The molecule has 1 saturated heterocycles. The minimum atomic E-state index is 0.664. The first-order valence-corrected chi connectivity index (χ1v) is 6.84. The van der Waals surface area contributed by atoms with Crippen molar-refractivity contribution >= 4 is 0 Å². The molecule has 1 aliphatic heterocycles. The maximum atomic E-state index is 5.89. The maximum absolute atomic E-state index is 5.89. The second-order valence-corrected chi connectivity index (χ2v) is 4.75. The molecule has 0 aromatic heterocycles. The summed E-state index contributed by atoms with van der Waals surface area (Å²) in [5.74, 6) is 1.06. The minimum Gasteiger partial charge on any atom is -0.493 e. The lowest BCUT2D eigenvalue weighted by Crippen LogP contribution is -2.35. The number of hydrogen-bond acceptors (Lipinski definition) is 2. The van der Waals surface area contributed by atoms with Gasteiger partial charge >= 0.3 is 0 Å². The van der Waals surface area contributed by atoms with Crippen molar-refractivity contribution in [2.75, 3.05) is 13.2 Å². The number of hydrogen-bond donors (Lipinski definition) is 1. The molecule has 0 amide bonds. The Labute approximate surface area is 104 Å². The fourth-order valence-electron chi connectivity index (χ4n) is 2.42. The van der Waals surface area contributed by atoms with Crippen molar-refractivity contribution in [1.29, 1.82) is 0 Å². The van der Waals surface area contributed by atoms with Crippen molar-refractivity contribution < 1.29 is 4.74 Å². The highest BCUT2D eigenvalue weighted by Crippen LogP contribution is 2.19. The van der Waals surface area contributed by atoms with Gasteiger partial charge in [-0.1, -0.05) is 31.5 Å². The van der Waals surface area contributed by atoms with Gasteiger partial charge in [0.05, 0.1) is 6.61 Å². The second-order valence-electron chi connectivity index (χ2n) is 4.75. The molecule has 94 valence electrons. The van der Waals surface area contributed by atoms with Gasteiger partial charge in [0, 0.05) is 6.04 Å². The molecule has 1 aromatic carbocycles. The van der Waals surface area contributed by atoms with Crippen molar-refractivity contribution in [1.82, 2.24) is 5.32 Å². The third-order valence-corrected chi connectivity index (χ3v) is 3.49. The Kier molecular flexibility index (Phi) is 4.87. The zero-order valence-corrected chi connectivity index (χ0v) is 10.7. The summed E-state index contributed by atoms with van der Waals surface area (Å²) in [6.07, 6.45) is 6.16. The molecule has 0 unspecified atom stereocenters. The van der Waals surface area contributed by atoms with Crippen LogP contribution < -0.4 is 10.1 Å². The molecule has 1 heterocycles. The Morgan fingerprint density at radius 2 is 2.18 bits per heavy atom. The largest absolute Gasteiger partial charge is 0.493 e. The zero-order valence-electron chi connectivity index (χ0n) is 10.7. The first-order valence-electron chi connectivity index (χ1n) is 6.84.